The third kappa shape index (κ3) is 15.5. The molecule has 5 aromatic carbocycles. The van der Waals surface area contributed by atoms with E-state index in [9.17, 15) is 33.9 Å². The Morgan fingerprint density at radius 1 is 0.513 bits per heavy atom. The van der Waals surface area contributed by atoms with E-state index in [4.69, 9.17) is 18.9 Å². The van der Waals surface area contributed by atoms with Gasteiger partial charge in [-0.15, -0.1) is 0 Å². The first-order valence-electron chi connectivity index (χ1n) is 25.0. The number of nitrogens with zero attached hydrogens (tertiary/aromatic N) is 1. The molecular weight excluding hydrogens is 969 g/mol. The maximum Gasteiger partial charge on any atom is 0.339 e. The van der Waals surface area contributed by atoms with Crippen molar-refractivity contribution in [3.63, 3.8) is 0 Å². The minimum Gasteiger partial charge on any atom is -0.484 e. The van der Waals surface area contributed by atoms with Crippen molar-refractivity contribution < 1.29 is 43.2 Å². The van der Waals surface area contributed by atoms with Gasteiger partial charge in [0, 0.05) is 50.2 Å². The number of ether oxygens (including phenoxy) is 4. The number of carboxylic acid groups (broad SMARTS) is 1. The summed E-state index contributed by atoms with van der Waals surface area (Å²) in [6.07, 6.45) is 1.14. The number of H-pyrrole nitrogens is 2. The van der Waals surface area contributed by atoms with E-state index >= 15 is 0 Å². The van der Waals surface area contributed by atoms with E-state index in [-0.39, 0.29) is 104 Å². The van der Waals surface area contributed by atoms with Crippen molar-refractivity contribution in [1.82, 2.24) is 30.8 Å². The molecule has 7 aromatic rings. The predicted octanol–water partition coefficient (Wildman–Crippen LogP) is 7.75. The summed E-state index contributed by atoms with van der Waals surface area (Å²) in [5.74, 6) is -3.32. The van der Waals surface area contributed by atoms with Crippen LogP contribution in [0.4, 0.5) is 0 Å². The molecule has 3 amide bonds. The normalized spacial score (nSPS) is 11.3. The van der Waals surface area contributed by atoms with E-state index < -0.39 is 40.9 Å². The van der Waals surface area contributed by atoms with Crippen LogP contribution in [0.25, 0.3) is 0 Å². The van der Waals surface area contributed by atoms with Gasteiger partial charge >= 0.3 is 5.97 Å². The Hall–Kier alpha value is -8.96. The van der Waals surface area contributed by atoms with Crippen molar-refractivity contribution in [3.8, 4) is 23.0 Å². The second kappa shape index (κ2) is 27.4. The highest BCUT2D eigenvalue weighted by atomic mass is 16.5. The largest absolute Gasteiger partial charge is 0.484 e. The van der Waals surface area contributed by atoms with Crippen molar-refractivity contribution in [2.45, 2.75) is 66.1 Å². The van der Waals surface area contributed by atoms with Crippen molar-refractivity contribution >= 4 is 23.7 Å². The number of amides is 3. The maximum absolute atomic E-state index is 14.6. The molecular formula is C59H62N6O11. The topological polar surface area (TPSA) is 230 Å². The Morgan fingerprint density at radius 3 is 1.26 bits per heavy atom. The first-order valence-corrected chi connectivity index (χ1v) is 25.0. The molecule has 0 bridgehead atoms. The van der Waals surface area contributed by atoms with Gasteiger partial charge in [0.15, 0.2) is 23.0 Å². The number of carboxylic acids is 1. The molecule has 0 aliphatic carbocycles. The van der Waals surface area contributed by atoms with Gasteiger partial charge in [-0.3, -0.25) is 28.9 Å². The van der Waals surface area contributed by atoms with Crippen LogP contribution >= 0.6 is 0 Å². The van der Waals surface area contributed by atoms with Crippen molar-refractivity contribution in [2.75, 3.05) is 32.7 Å². The van der Waals surface area contributed by atoms with Gasteiger partial charge < -0.3 is 50.0 Å². The number of aromatic amines is 2. The number of hydrogen-bond acceptors (Lipinski definition) is 11. The summed E-state index contributed by atoms with van der Waals surface area (Å²) in [4.78, 5) is 88.8. The molecule has 6 N–H and O–H groups in total. The number of carbonyl (C=O) groups excluding carboxylic acids is 3. The number of aryl methyl sites for hydroxylation is 2. The summed E-state index contributed by atoms with van der Waals surface area (Å²) >= 11 is 0. The van der Waals surface area contributed by atoms with Gasteiger partial charge in [0.25, 0.3) is 28.8 Å². The van der Waals surface area contributed by atoms with Crippen molar-refractivity contribution in [1.29, 1.82) is 0 Å². The quantitative estimate of drug-likeness (QED) is 0.0291. The molecule has 1 unspecified atom stereocenters. The fourth-order valence-electron chi connectivity index (χ4n) is 8.36. The smallest absolute Gasteiger partial charge is 0.339 e. The SMILES string of the molecule is CCCC(CN(CCNC(=O)c1cc(C)[nH]c(=O)c1OCc1ccccc1)CCNC(=O)c1cc(C)[nH]c(=O)c1OCc1ccccc1)NC(=O)c1ccc(C(=O)O)c(OCc2ccccc2)c1OCc1ccccc1. The zero-order chi connectivity index (χ0) is 53.8. The fraction of sp³-hybridized carbons (Fsp3) is 0.254. The summed E-state index contributed by atoms with van der Waals surface area (Å²) in [5.41, 5.74) is 2.94. The van der Waals surface area contributed by atoms with E-state index in [2.05, 4.69) is 25.9 Å². The second-order valence-electron chi connectivity index (χ2n) is 18.0. The zero-order valence-corrected chi connectivity index (χ0v) is 42.7. The molecule has 394 valence electrons. The lowest BCUT2D eigenvalue weighted by Crippen LogP contribution is -2.48. The maximum atomic E-state index is 14.6. The highest BCUT2D eigenvalue weighted by molar-refractivity contribution is 6.01. The summed E-state index contributed by atoms with van der Waals surface area (Å²) in [6, 6.07) is 42.2. The summed E-state index contributed by atoms with van der Waals surface area (Å²) < 4.78 is 24.4. The summed E-state index contributed by atoms with van der Waals surface area (Å²) in [5, 5.41) is 19.3. The molecule has 7 rings (SSSR count). The number of pyridine rings is 2. The predicted molar refractivity (Wildman–Crippen MR) is 287 cm³/mol. The zero-order valence-electron chi connectivity index (χ0n) is 42.7. The lowest BCUT2D eigenvalue weighted by molar-refractivity contribution is 0.0688. The molecule has 2 aromatic heterocycles. The molecule has 0 radical (unpaired) electrons. The third-order valence-electron chi connectivity index (χ3n) is 12.1. The van der Waals surface area contributed by atoms with Gasteiger partial charge in [0.2, 0.25) is 0 Å². The van der Waals surface area contributed by atoms with Crippen molar-refractivity contribution in [3.05, 3.63) is 222 Å². The number of rotatable bonds is 27. The molecule has 0 fully saturated rings. The van der Waals surface area contributed by atoms with E-state index in [1.807, 2.05) is 133 Å². The molecule has 0 saturated heterocycles. The lowest BCUT2D eigenvalue weighted by atomic mass is 10.1. The summed E-state index contributed by atoms with van der Waals surface area (Å²) in [6.45, 7) is 6.22. The third-order valence-corrected chi connectivity index (χ3v) is 12.1. The van der Waals surface area contributed by atoms with Crippen LogP contribution in [0.5, 0.6) is 23.0 Å². The lowest BCUT2D eigenvalue weighted by Gasteiger charge is -2.29. The molecule has 0 aliphatic rings. The fourth-order valence-corrected chi connectivity index (χ4v) is 8.36. The molecule has 0 spiro atoms. The van der Waals surface area contributed by atoms with Gasteiger partial charge in [0.05, 0.1) is 16.7 Å². The number of benzene rings is 5. The van der Waals surface area contributed by atoms with Crippen LogP contribution in [0.15, 0.2) is 155 Å². The standard InChI is InChI=1S/C59H62N6O11/c1-4-17-45(64-56(68)46-26-27-47(59(71)72)51(74-36-42-20-11-6-12-21-42)50(46)73-35-41-18-9-5-10-19-41)34-65(30-28-60-54(66)48-32-39(2)62-57(69)52(48)75-37-43-22-13-7-14-23-43)31-29-61-55(67)49-33-40(3)63-58(70)53(49)76-38-44-24-15-8-16-25-44/h5-16,18-27,32-33,45H,4,17,28-31,34-38H2,1-3H3,(H,60,66)(H,61,67)(H,62,69)(H,63,70)(H,64,68)(H,71,72). The molecule has 1 atom stereocenters. The molecule has 0 saturated carbocycles. The van der Waals surface area contributed by atoms with Crippen LogP contribution in [0.3, 0.4) is 0 Å². The number of carbonyl (C=O) groups is 4. The van der Waals surface area contributed by atoms with Gasteiger partial charge in [-0.05, 0) is 66.8 Å². The van der Waals surface area contributed by atoms with Crippen LogP contribution in [0.1, 0.15) is 94.8 Å². The Morgan fingerprint density at radius 2 is 0.882 bits per heavy atom. The van der Waals surface area contributed by atoms with Gasteiger partial charge in [0.1, 0.15) is 32.0 Å². The Bertz CT molecular complexity index is 3060. The number of hydrogen-bond donors (Lipinski definition) is 6. The number of nitrogens with one attached hydrogen (secondary N) is 5. The first kappa shape index (κ1) is 54.8. The molecule has 2 heterocycles. The van der Waals surface area contributed by atoms with Crippen LogP contribution in [0.2, 0.25) is 0 Å². The van der Waals surface area contributed by atoms with Gasteiger partial charge in [-0.1, -0.05) is 135 Å². The van der Waals surface area contributed by atoms with Gasteiger partial charge in [-0.25, -0.2) is 4.79 Å². The monoisotopic (exact) mass is 1030 g/mol. The molecule has 76 heavy (non-hydrogen) atoms. The van der Waals surface area contributed by atoms with E-state index in [1.54, 1.807) is 26.0 Å². The number of aromatic nitrogens is 2. The van der Waals surface area contributed by atoms with Crippen LogP contribution in [-0.2, 0) is 26.4 Å². The molecule has 17 nitrogen and oxygen atoms in total. The minimum absolute atomic E-state index is 0.000808. The van der Waals surface area contributed by atoms with Crippen molar-refractivity contribution in [2.24, 2.45) is 0 Å². The second-order valence-corrected chi connectivity index (χ2v) is 18.0. The van der Waals surface area contributed by atoms with Gasteiger partial charge in [-0.2, -0.15) is 0 Å². The summed E-state index contributed by atoms with van der Waals surface area (Å²) in [7, 11) is 0. The Balaban J connectivity index is 1.13. The average molecular weight is 1030 g/mol. The molecule has 17 heteroatoms. The Labute approximate surface area is 440 Å². The van der Waals surface area contributed by atoms with Crippen LogP contribution in [-0.4, -0.2) is 82.4 Å². The van der Waals surface area contributed by atoms with E-state index in [0.29, 0.717) is 24.2 Å². The Kier molecular flexibility index (Phi) is 19.7. The first-order chi connectivity index (χ1) is 36.9. The number of aromatic carboxylic acids is 1. The van der Waals surface area contributed by atoms with Crippen LogP contribution in [0, 0.1) is 13.8 Å². The van der Waals surface area contributed by atoms with E-state index in [0.717, 1.165) is 22.3 Å². The van der Waals surface area contributed by atoms with Crippen LogP contribution < -0.4 is 46.0 Å². The van der Waals surface area contributed by atoms with E-state index in [1.165, 1.54) is 12.1 Å². The average Bonchev–Trinajstić information content (AvgIpc) is 3.42. The minimum atomic E-state index is -1.27. The highest BCUT2D eigenvalue weighted by Crippen LogP contribution is 2.37. The highest BCUT2D eigenvalue weighted by Gasteiger charge is 2.27. The molecule has 0 aliphatic heterocycles.